The zero-order valence-electron chi connectivity index (χ0n) is 14.0. The van der Waals surface area contributed by atoms with Gasteiger partial charge in [-0.15, -0.1) is 0 Å². The van der Waals surface area contributed by atoms with Gasteiger partial charge in [0.15, 0.2) is 0 Å². The molecule has 0 aromatic rings. The van der Waals surface area contributed by atoms with Crippen LogP contribution in [0.4, 0.5) is 0 Å². The second kappa shape index (κ2) is 13.2. The molecule has 0 aliphatic heterocycles. The highest BCUT2D eigenvalue weighted by molar-refractivity contribution is 6.62. The monoisotopic (exact) mass is 317 g/mol. The molecule has 0 aliphatic carbocycles. The molecule has 0 radical (unpaired) electrons. The van der Waals surface area contributed by atoms with Gasteiger partial charge in [0.05, 0.1) is 6.54 Å². The van der Waals surface area contributed by atoms with Gasteiger partial charge in [0.1, 0.15) is 0 Å². The number of isocyanates is 1. The Morgan fingerprint density at radius 3 is 1.95 bits per heavy atom. The van der Waals surface area contributed by atoms with E-state index < -0.39 is 8.80 Å². The number of carbonyl (C=O) groups excluding carboxylic acids is 1. The zero-order chi connectivity index (χ0) is 16.0. The van der Waals surface area contributed by atoms with Crippen molar-refractivity contribution in [1.82, 2.24) is 0 Å². The Kier molecular flexibility index (Phi) is 12.8. The van der Waals surface area contributed by atoms with Crippen molar-refractivity contribution >= 4 is 14.9 Å². The SMILES string of the molecule is CCO[Si](OCC)(OCC)C(CC)CCCCCN=C=O. The van der Waals surface area contributed by atoms with Crippen molar-refractivity contribution in [2.75, 3.05) is 26.4 Å². The van der Waals surface area contributed by atoms with Crippen LogP contribution in [0.15, 0.2) is 4.99 Å². The van der Waals surface area contributed by atoms with Crippen molar-refractivity contribution in [2.24, 2.45) is 4.99 Å². The lowest BCUT2D eigenvalue weighted by Crippen LogP contribution is -2.50. The van der Waals surface area contributed by atoms with Crippen LogP contribution >= 0.6 is 0 Å². The summed E-state index contributed by atoms with van der Waals surface area (Å²) in [4.78, 5) is 13.6. The van der Waals surface area contributed by atoms with E-state index in [2.05, 4.69) is 11.9 Å². The van der Waals surface area contributed by atoms with Crippen LogP contribution in [0.2, 0.25) is 5.54 Å². The van der Waals surface area contributed by atoms with Gasteiger partial charge < -0.3 is 13.3 Å². The minimum Gasteiger partial charge on any atom is -0.374 e. The van der Waals surface area contributed by atoms with Gasteiger partial charge in [-0.1, -0.05) is 19.8 Å². The van der Waals surface area contributed by atoms with E-state index in [1.165, 1.54) is 0 Å². The summed E-state index contributed by atoms with van der Waals surface area (Å²) in [5.74, 6) is 0. The van der Waals surface area contributed by atoms with Gasteiger partial charge >= 0.3 is 8.80 Å². The molecule has 0 aromatic carbocycles. The summed E-state index contributed by atoms with van der Waals surface area (Å²) in [6.07, 6.45) is 6.67. The Balaban J connectivity index is 4.52. The largest absolute Gasteiger partial charge is 0.504 e. The van der Waals surface area contributed by atoms with Crippen molar-refractivity contribution in [2.45, 2.75) is 65.3 Å². The van der Waals surface area contributed by atoms with Crippen LogP contribution in [0.25, 0.3) is 0 Å². The molecule has 0 aromatic heterocycles. The molecule has 6 heteroatoms. The van der Waals surface area contributed by atoms with Crippen LogP contribution in [-0.4, -0.2) is 41.2 Å². The lowest BCUT2D eigenvalue weighted by Gasteiger charge is -2.35. The van der Waals surface area contributed by atoms with Gasteiger partial charge in [-0.25, -0.2) is 9.79 Å². The van der Waals surface area contributed by atoms with Gasteiger partial charge in [-0.05, 0) is 40.0 Å². The van der Waals surface area contributed by atoms with Crippen LogP contribution < -0.4 is 0 Å². The molecule has 0 bridgehead atoms. The predicted octanol–water partition coefficient (Wildman–Crippen LogP) is 3.71. The van der Waals surface area contributed by atoms with E-state index in [-0.39, 0.29) is 0 Å². The van der Waals surface area contributed by atoms with Crippen LogP contribution in [0.3, 0.4) is 0 Å². The van der Waals surface area contributed by atoms with Crippen molar-refractivity contribution < 1.29 is 18.1 Å². The summed E-state index contributed by atoms with van der Waals surface area (Å²) in [7, 11) is -2.59. The average molecular weight is 318 g/mol. The van der Waals surface area contributed by atoms with Gasteiger partial charge in [-0.2, -0.15) is 0 Å². The normalized spacial score (nSPS) is 13.0. The Bertz CT molecular complexity index is 278. The van der Waals surface area contributed by atoms with E-state index in [1.54, 1.807) is 6.08 Å². The van der Waals surface area contributed by atoms with Gasteiger partial charge in [0.25, 0.3) is 0 Å². The summed E-state index contributed by atoms with van der Waals surface area (Å²) in [6, 6.07) is 0. The number of rotatable bonds is 14. The first-order chi connectivity index (χ1) is 10.2. The Hall–Kier alpha value is -0.523. The molecule has 124 valence electrons. The highest BCUT2D eigenvalue weighted by Crippen LogP contribution is 2.33. The van der Waals surface area contributed by atoms with E-state index in [9.17, 15) is 4.79 Å². The van der Waals surface area contributed by atoms with Crippen LogP contribution in [0, 0.1) is 0 Å². The molecule has 1 unspecified atom stereocenters. The van der Waals surface area contributed by atoms with Gasteiger partial charge in [0.2, 0.25) is 6.08 Å². The smallest absolute Gasteiger partial charge is 0.374 e. The maximum Gasteiger partial charge on any atom is 0.504 e. The zero-order valence-corrected chi connectivity index (χ0v) is 15.0. The van der Waals surface area contributed by atoms with E-state index in [0.29, 0.717) is 31.9 Å². The highest BCUT2D eigenvalue weighted by Gasteiger charge is 2.47. The molecule has 5 nitrogen and oxygen atoms in total. The fraction of sp³-hybridized carbons (Fsp3) is 0.933. The molecule has 0 heterocycles. The van der Waals surface area contributed by atoms with Crippen LogP contribution in [0.5, 0.6) is 0 Å². The van der Waals surface area contributed by atoms with Gasteiger partial charge in [-0.3, -0.25) is 0 Å². The summed E-state index contributed by atoms with van der Waals surface area (Å²) in [6.45, 7) is 10.6. The van der Waals surface area contributed by atoms with Crippen LogP contribution in [0.1, 0.15) is 59.8 Å². The molecule has 21 heavy (non-hydrogen) atoms. The lowest BCUT2D eigenvalue weighted by atomic mass is 10.1. The minimum atomic E-state index is -2.59. The molecular formula is C15H31NO4Si. The van der Waals surface area contributed by atoms with Crippen molar-refractivity contribution in [1.29, 1.82) is 0 Å². The number of nitrogens with zero attached hydrogens (tertiary/aromatic N) is 1. The third kappa shape index (κ3) is 7.88. The lowest BCUT2D eigenvalue weighted by molar-refractivity contribution is 0.0588. The first-order valence-corrected chi connectivity index (χ1v) is 9.96. The van der Waals surface area contributed by atoms with E-state index in [1.807, 2.05) is 20.8 Å². The summed E-state index contributed by atoms with van der Waals surface area (Å²) >= 11 is 0. The van der Waals surface area contributed by atoms with E-state index >= 15 is 0 Å². The molecule has 0 saturated heterocycles. The molecule has 0 fully saturated rings. The fourth-order valence-electron chi connectivity index (χ4n) is 2.52. The molecule has 0 N–H and O–H groups in total. The standard InChI is InChI=1S/C15H31NO4Si/c1-5-15(12-10-9-11-13-16-14-17)21(18-6-2,19-7-3)20-8-4/h15H,5-13H2,1-4H3. The number of unbranched alkanes of at least 4 members (excludes halogenated alkanes) is 2. The first kappa shape index (κ1) is 20.5. The summed E-state index contributed by atoms with van der Waals surface area (Å²) in [5, 5.41) is 0. The Labute approximate surface area is 130 Å². The molecule has 0 saturated carbocycles. The van der Waals surface area contributed by atoms with E-state index in [0.717, 1.165) is 32.1 Å². The number of hydrogen-bond donors (Lipinski definition) is 0. The van der Waals surface area contributed by atoms with Gasteiger partial charge in [0, 0.05) is 25.4 Å². The topological polar surface area (TPSA) is 57.1 Å². The van der Waals surface area contributed by atoms with Crippen LogP contribution in [-0.2, 0) is 18.1 Å². The second-order valence-electron chi connectivity index (χ2n) is 4.83. The van der Waals surface area contributed by atoms with Crippen molar-refractivity contribution in [3.05, 3.63) is 0 Å². The average Bonchev–Trinajstić information content (AvgIpc) is 2.47. The predicted molar refractivity (Wildman–Crippen MR) is 86.1 cm³/mol. The quantitative estimate of drug-likeness (QED) is 0.212. The minimum absolute atomic E-state index is 0.340. The number of hydrogen-bond acceptors (Lipinski definition) is 5. The molecule has 0 amide bonds. The maximum atomic E-state index is 10.0. The van der Waals surface area contributed by atoms with E-state index in [4.69, 9.17) is 13.3 Å². The summed E-state index contributed by atoms with van der Waals surface area (Å²) < 4.78 is 18.0. The first-order valence-electron chi connectivity index (χ1n) is 8.16. The second-order valence-corrected chi connectivity index (χ2v) is 7.72. The molecule has 1 atom stereocenters. The Morgan fingerprint density at radius 1 is 0.952 bits per heavy atom. The Morgan fingerprint density at radius 2 is 1.52 bits per heavy atom. The number of aliphatic imine (C=N–C) groups is 1. The molecular weight excluding hydrogens is 286 g/mol. The highest BCUT2D eigenvalue weighted by atomic mass is 28.4. The maximum absolute atomic E-state index is 10.0. The molecule has 0 aliphatic rings. The third-order valence-electron chi connectivity index (χ3n) is 3.42. The van der Waals surface area contributed by atoms with Crippen molar-refractivity contribution in [3.63, 3.8) is 0 Å². The molecule has 0 spiro atoms. The summed E-state index contributed by atoms with van der Waals surface area (Å²) in [5.41, 5.74) is 0.340. The fourth-order valence-corrected chi connectivity index (χ4v) is 5.74. The third-order valence-corrected chi connectivity index (χ3v) is 7.19. The van der Waals surface area contributed by atoms with Crippen molar-refractivity contribution in [3.8, 4) is 0 Å². The molecule has 0 rings (SSSR count).